The molecule has 1 spiro atoms. The van der Waals surface area contributed by atoms with Gasteiger partial charge in [0.25, 0.3) is 0 Å². The normalized spacial score (nSPS) is 16.3. The second-order valence-corrected chi connectivity index (χ2v) is 15.8. The number of hydrogen-bond acceptors (Lipinski definition) is 3. The molecular formula is C55H40N2O. The van der Waals surface area contributed by atoms with E-state index in [-0.39, 0.29) is 5.41 Å². The van der Waals surface area contributed by atoms with Crippen molar-refractivity contribution in [2.75, 3.05) is 9.80 Å². The highest BCUT2D eigenvalue weighted by Gasteiger charge is 2.52. The third-order valence-corrected chi connectivity index (χ3v) is 12.8. The van der Waals surface area contributed by atoms with Crippen molar-refractivity contribution in [3.63, 3.8) is 0 Å². The molecule has 3 heteroatoms. The first kappa shape index (κ1) is 33.1. The van der Waals surface area contributed by atoms with Crippen molar-refractivity contribution < 1.29 is 4.74 Å². The maximum Gasteiger partial charge on any atom is 0.151 e. The van der Waals surface area contributed by atoms with Gasteiger partial charge in [0.1, 0.15) is 5.76 Å². The highest BCUT2D eigenvalue weighted by Crippen LogP contribution is 2.64. The molecule has 0 bridgehead atoms. The maximum absolute atomic E-state index is 6.33. The van der Waals surface area contributed by atoms with Crippen LogP contribution in [0.5, 0.6) is 5.75 Å². The van der Waals surface area contributed by atoms with Crippen molar-refractivity contribution in [3.05, 3.63) is 239 Å². The van der Waals surface area contributed by atoms with E-state index in [0.29, 0.717) is 0 Å². The Hall–Kier alpha value is -7.10. The Bertz CT molecular complexity index is 2880. The van der Waals surface area contributed by atoms with E-state index >= 15 is 0 Å². The van der Waals surface area contributed by atoms with E-state index < -0.39 is 0 Å². The molecule has 58 heavy (non-hydrogen) atoms. The maximum atomic E-state index is 6.33. The van der Waals surface area contributed by atoms with Crippen LogP contribution in [-0.2, 0) is 5.41 Å². The summed E-state index contributed by atoms with van der Waals surface area (Å²) in [6.07, 6.45) is 13.1. The van der Waals surface area contributed by atoms with Crippen molar-refractivity contribution in [3.8, 4) is 28.0 Å². The molecular weight excluding hydrogens is 705 g/mol. The molecule has 3 nitrogen and oxygen atoms in total. The fourth-order valence-electron chi connectivity index (χ4n) is 10.4. The lowest BCUT2D eigenvalue weighted by molar-refractivity contribution is 0.417. The highest BCUT2D eigenvalue weighted by molar-refractivity contribution is 6.00. The first-order chi connectivity index (χ1) is 28.8. The van der Waals surface area contributed by atoms with Gasteiger partial charge in [-0.25, -0.2) is 0 Å². The van der Waals surface area contributed by atoms with Crippen LogP contribution < -0.4 is 14.5 Å². The molecule has 4 aliphatic carbocycles. The number of nitrogens with zero attached hydrogens (tertiary/aromatic N) is 2. The van der Waals surface area contributed by atoms with Crippen LogP contribution in [0.1, 0.15) is 53.5 Å². The van der Waals surface area contributed by atoms with Gasteiger partial charge in [-0.15, -0.1) is 0 Å². The molecule has 12 rings (SSSR count). The minimum atomic E-state index is -0.383. The Labute approximate surface area is 339 Å². The molecule has 0 saturated heterocycles. The number of para-hydroxylation sites is 3. The molecule has 5 aliphatic rings. The standard InChI is InChI=1S/C55H40N2O/c1-2-15-39(16-3-1)56(40-33-29-37(30-34-40)38-31-35-41(36-32-38)57-49-24-10-12-27-52(49)58-53-28-13-11-25-50(53)57)51-26-14-23-48-54(51)44-19-6-9-22-47(44)55(48)45-20-7-4-17-42(45)43-18-5-8-21-46(43)55/h1-10,12,14-29,31-33,35-36H,11,13,30,34H2. The monoisotopic (exact) mass is 744 g/mol. The summed E-state index contributed by atoms with van der Waals surface area (Å²) in [5, 5.41) is 0. The zero-order valence-electron chi connectivity index (χ0n) is 32.1. The van der Waals surface area contributed by atoms with Gasteiger partial charge in [-0.2, -0.15) is 0 Å². The number of ether oxygens (including phenoxy) is 1. The molecule has 0 amide bonds. The lowest BCUT2D eigenvalue weighted by Gasteiger charge is -2.36. The van der Waals surface area contributed by atoms with Gasteiger partial charge in [0, 0.05) is 22.6 Å². The largest absolute Gasteiger partial charge is 0.453 e. The van der Waals surface area contributed by atoms with Crippen LogP contribution in [0.4, 0.5) is 22.7 Å². The van der Waals surface area contributed by atoms with E-state index in [1.165, 1.54) is 72.7 Å². The molecule has 1 heterocycles. The molecule has 7 aromatic rings. The van der Waals surface area contributed by atoms with Crippen molar-refractivity contribution in [2.45, 2.75) is 31.1 Å². The summed E-state index contributed by atoms with van der Waals surface area (Å²) in [5.41, 5.74) is 20.0. The average Bonchev–Trinajstić information content (AvgIpc) is 3.77. The van der Waals surface area contributed by atoms with Crippen LogP contribution in [0.3, 0.4) is 0 Å². The lowest BCUT2D eigenvalue weighted by Crippen LogP contribution is -2.26. The van der Waals surface area contributed by atoms with Gasteiger partial charge >= 0.3 is 0 Å². The number of allylic oxidation sites excluding steroid dienone is 6. The summed E-state index contributed by atoms with van der Waals surface area (Å²) in [5.74, 6) is 1.85. The summed E-state index contributed by atoms with van der Waals surface area (Å²) in [6.45, 7) is 0. The molecule has 0 atom stereocenters. The van der Waals surface area contributed by atoms with Gasteiger partial charge in [0.05, 0.1) is 22.5 Å². The van der Waals surface area contributed by atoms with Gasteiger partial charge in [0.15, 0.2) is 5.75 Å². The van der Waals surface area contributed by atoms with Crippen molar-refractivity contribution in [1.82, 2.24) is 0 Å². The van der Waals surface area contributed by atoms with Crippen molar-refractivity contribution >= 4 is 28.3 Å². The van der Waals surface area contributed by atoms with Gasteiger partial charge < -0.3 is 14.5 Å². The summed E-state index contributed by atoms with van der Waals surface area (Å²) in [7, 11) is 0. The Morgan fingerprint density at radius 3 is 1.90 bits per heavy atom. The Balaban J connectivity index is 0.960. The predicted octanol–water partition coefficient (Wildman–Crippen LogP) is 14.0. The smallest absolute Gasteiger partial charge is 0.151 e. The van der Waals surface area contributed by atoms with E-state index in [1.54, 1.807) is 0 Å². The van der Waals surface area contributed by atoms with Crippen LogP contribution in [-0.4, -0.2) is 0 Å². The lowest BCUT2D eigenvalue weighted by atomic mass is 9.70. The minimum absolute atomic E-state index is 0.383. The zero-order valence-corrected chi connectivity index (χ0v) is 32.1. The SMILES string of the molecule is C1=C2Oc3ccccc3N(c3ccc(C4=CC=C(N(c5ccccc5)c5cccc6c5-c5ccccc5C65c6ccccc6-c6ccccc65)CC4)cc3)C2=CCC1. The van der Waals surface area contributed by atoms with Crippen molar-refractivity contribution in [1.29, 1.82) is 0 Å². The highest BCUT2D eigenvalue weighted by atomic mass is 16.5. The summed E-state index contributed by atoms with van der Waals surface area (Å²) < 4.78 is 6.33. The summed E-state index contributed by atoms with van der Waals surface area (Å²) >= 11 is 0. The molecule has 7 aromatic carbocycles. The van der Waals surface area contributed by atoms with Crippen LogP contribution >= 0.6 is 0 Å². The van der Waals surface area contributed by atoms with E-state index in [2.05, 4.69) is 198 Å². The Morgan fingerprint density at radius 2 is 1.16 bits per heavy atom. The van der Waals surface area contributed by atoms with Gasteiger partial charge in [-0.3, -0.25) is 0 Å². The minimum Gasteiger partial charge on any atom is -0.453 e. The van der Waals surface area contributed by atoms with Gasteiger partial charge in [-0.05, 0) is 130 Å². The van der Waals surface area contributed by atoms with Crippen LogP contribution in [0.25, 0.3) is 27.8 Å². The van der Waals surface area contributed by atoms with E-state index in [9.17, 15) is 0 Å². The number of fused-ring (bicyclic) bond motifs is 12. The molecule has 0 N–H and O–H groups in total. The molecule has 0 unspecified atom stereocenters. The fraction of sp³-hybridized carbons (Fsp3) is 0.0909. The van der Waals surface area contributed by atoms with Crippen LogP contribution in [0, 0.1) is 0 Å². The number of anilines is 4. The Morgan fingerprint density at radius 1 is 0.517 bits per heavy atom. The van der Waals surface area contributed by atoms with Gasteiger partial charge in [0.2, 0.25) is 0 Å². The molecule has 0 fully saturated rings. The second-order valence-electron chi connectivity index (χ2n) is 15.8. The Kier molecular flexibility index (Phi) is 7.40. The number of benzene rings is 7. The second kappa shape index (κ2) is 13.0. The van der Waals surface area contributed by atoms with Crippen LogP contribution in [0.15, 0.2) is 211 Å². The quantitative estimate of drug-likeness (QED) is 0.175. The van der Waals surface area contributed by atoms with Crippen molar-refractivity contribution in [2.24, 2.45) is 0 Å². The van der Waals surface area contributed by atoms with Gasteiger partial charge in [-0.1, -0.05) is 140 Å². The van der Waals surface area contributed by atoms with Crippen LogP contribution in [0.2, 0.25) is 0 Å². The molecule has 0 saturated carbocycles. The molecule has 276 valence electrons. The third kappa shape index (κ3) is 4.74. The van der Waals surface area contributed by atoms with E-state index in [1.807, 2.05) is 6.07 Å². The average molecular weight is 745 g/mol. The summed E-state index contributed by atoms with van der Waals surface area (Å²) in [4.78, 5) is 4.87. The summed E-state index contributed by atoms with van der Waals surface area (Å²) in [6, 6.07) is 62.6. The molecule has 0 aromatic heterocycles. The molecule has 1 aliphatic heterocycles. The van der Waals surface area contributed by atoms with E-state index in [4.69, 9.17) is 4.74 Å². The van der Waals surface area contributed by atoms with E-state index in [0.717, 1.165) is 54.3 Å². The number of hydrogen-bond donors (Lipinski definition) is 0. The molecule has 0 radical (unpaired) electrons. The predicted molar refractivity (Wildman–Crippen MR) is 238 cm³/mol. The first-order valence-corrected chi connectivity index (χ1v) is 20.5. The first-order valence-electron chi connectivity index (χ1n) is 20.5. The number of rotatable bonds is 5. The third-order valence-electron chi connectivity index (χ3n) is 12.8. The topological polar surface area (TPSA) is 15.7 Å². The zero-order chi connectivity index (χ0) is 38.2. The fourth-order valence-corrected chi connectivity index (χ4v) is 10.4.